The maximum absolute atomic E-state index is 12.1. The van der Waals surface area contributed by atoms with Crippen LogP contribution in [-0.2, 0) is 0 Å². The van der Waals surface area contributed by atoms with E-state index in [9.17, 15) is 4.79 Å². The van der Waals surface area contributed by atoms with Crippen molar-refractivity contribution >= 4 is 58.0 Å². The van der Waals surface area contributed by atoms with Crippen molar-refractivity contribution in [2.24, 2.45) is 0 Å². The summed E-state index contributed by atoms with van der Waals surface area (Å²) in [6, 6.07) is 6.12. The van der Waals surface area contributed by atoms with E-state index >= 15 is 0 Å². The SMILES string of the molecule is O=C(Nc1cc(Cl)ccc1Cl)c1cc(Cl)ncc1Cl. The Labute approximate surface area is 129 Å². The fourth-order valence-corrected chi connectivity index (χ4v) is 2.05. The highest BCUT2D eigenvalue weighted by Crippen LogP contribution is 2.27. The Morgan fingerprint density at radius 1 is 1.05 bits per heavy atom. The van der Waals surface area contributed by atoms with Gasteiger partial charge in [0, 0.05) is 11.2 Å². The molecule has 1 N–H and O–H groups in total. The van der Waals surface area contributed by atoms with E-state index in [0.717, 1.165) is 0 Å². The number of carbonyl (C=O) groups is 1. The van der Waals surface area contributed by atoms with Gasteiger partial charge in [0.25, 0.3) is 5.91 Å². The summed E-state index contributed by atoms with van der Waals surface area (Å²) in [6.07, 6.45) is 1.30. The highest BCUT2D eigenvalue weighted by atomic mass is 35.5. The third-order valence-corrected chi connectivity index (χ3v) is 3.32. The lowest BCUT2D eigenvalue weighted by Gasteiger charge is -2.08. The summed E-state index contributed by atoms with van der Waals surface area (Å²) in [5.74, 6) is -0.446. The number of carbonyl (C=O) groups excluding carboxylic acids is 1. The van der Waals surface area contributed by atoms with Gasteiger partial charge in [0.05, 0.1) is 21.3 Å². The minimum Gasteiger partial charge on any atom is -0.321 e. The van der Waals surface area contributed by atoms with Gasteiger partial charge in [0.15, 0.2) is 0 Å². The lowest BCUT2D eigenvalue weighted by atomic mass is 10.2. The minimum atomic E-state index is -0.446. The van der Waals surface area contributed by atoms with Gasteiger partial charge in [-0.05, 0) is 24.3 Å². The van der Waals surface area contributed by atoms with Crippen LogP contribution in [0, 0.1) is 0 Å². The van der Waals surface area contributed by atoms with Crippen molar-refractivity contribution in [2.45, 2.75) is 0 Å². The Kier molecular flexibility index (Phi) is 4.53. The van der Waals surface area contributed by atoms with Gasteiger partial charge in [-0.1, -0.05) is 46.4 Å². The normalized spacial score (nSPS) is 10.3. The summed E-state index contributed by atoms with van der Waals surface area (Å²) in [4.78, 5) is 15.8. The van der Waals surface area contributed by atoms with Crippen LogP contribution in [0.15, 0.2) is 30.5 Å². The number of hydrogen-bond donors (Lipinski definition) is 1. The van der Waals surface area contributed by atoms with Crippen LogP contribution in [0.3, 0.4) is 0 Å². The van der Waals surface area contributed by atoms with E-state index in [4.69, 9.17) is 46.4 Å². The first-order chi connectivity index (χ1) is 8.97. The molecule has 1 heterocycles. The minimum absolute atomic E-state index is 0.173. The van der Waals surface area contributed by atoms with Crippen molar-refractivity contribution in [2.75, 3.05) is 5.32 Å². The molecule has 0 radical (unpaired) electrons. The Balaban J connectivity index is 2.30. The lowest BCUT2D eigenvalue weighted by Crippen LogP contribution is -2.13. The first-order valence-electron chi connectivity index (χ1n) is 5.05. The van der Waals surface area contributed by atoms with E-state index in [0.29, 0.717) is 15.7 Å². The fourth-order valence-electron chi connectivity index (χ4n) is 1.37. The maximum Gasteiger partial charge on any atom is 0.257 e. The molecular formula is C12H6Cl4N2O. The third-order valence-electron chi connectivity index (χ3n) is 2.24. The number of aromatic nitrogens is 1. The Hall–Kier alpha value is -1.00. The van der Waals surface area contributed by atoms with Crippen LogP contribution < -0.4 is 5.32 Å². The molecule has 0 aliphatic heterocycles. The molecule has 0 aliphatic rings. The van der Waals surface area contributed by atoms with Crippen molar-refractivity contribution < 1.29 is 4.79 Å². The van der Waals surface area contributed by atoms with Gasteiger partial charge < -0.3 is 5.32 Å². The van der Waals surface area contributed by atoms with Crippen molar-refractivity contribution in [1.82, 2.24) is 4.98 Å². The number of nitrogens with one attached hydrogen (secondary N) is 1. The second-order valence-electron chi connectivity index (χ2n) is 3.57. The summed E-state index contributed by atoms with van der Waals surface area (Å²) in [7, 11) is 0. The first-order valence-corrected chi connectivity index (χ1v) is 6.56. The van der Waals surface area contributed by atoms with E-state index < -0.39 is 5.91 Å². The van der Waals surface area contributed by atoms with Crippen LogP contribution in [0.4, 0.5) is 5.69 Å². The Morgan fingerprint density at radius 3 is 2.53 bits per heavy atom. The summed E-state index contributed by atoms with van der Waals surface area (Å²) in [6.45, 7) is 0. The second-order valence-corrected chi connectivity index (χ2v) is 5.20. The Morgan fingerprint density at radius 2 is 1.79 bits per heavy atom. The van der Waals surface area contributed by atoms with Crippen LogP contribution in [0.1, 0.15) is 10.4 Å². The Bertz CT molecular complexity index is 646. The number of hydrogen-bond acceptors (Lipinski definition) is 2. The van der Waals surface area contributed by atoms with Gasteiger partial charge in [-0.3, -0.25) is 4.79 Å². The first kappa shape index (κ1) is 14.4. The van der Waals surface area contributed by atoms with Gasteiger partial charge in [0.1, 0.15) is 5.15 Å². The van der Waals surface area contributed by atoms with Crippen molar-refractivity contribution in [3.63, 3.8) is 0 Å². The molecule has 0 unspecified atom stereocenters. The number of benzene rings is 1. The van der Waals surface area contributed by atoms with E-state index in [1.54, 1.807) is 18.2 Å². The number of halogens is 4. The largest absolute Gasteiger partial charge is 0.321 e. The highest BCUT2D eigenvalue weighted by Gasteiger charge is 2.13. The van der Waals surface area contributed by atoms with Gasteiger partial charge in [-0.25, -0.2) is 4.98 Å². The quantitative estimate of drug-likeness (QED) is 0.789. The smallest absolute Gasteiger partial charge is 0.257 e. The standard InChI is InChI=1S/C12H6Cl4N2O/c13-6-1-2-8(14)10(3-6)18-12(19)7-4-11(16)17-5-9(7)15/h1-5H,(H,18,19). The molecule has 0 spiro atoms. The van der Waals surface area contributed by atoms with Crippen LogP contribution in [0.2, 0.25) is 20.2 Å². The molecule has 0 saturated heterocycles. The summed E-state index contributed by atoms with van der Waals surface area (Å²) < 4.78 is 0. The average molecular weight is 336 g/mol. The molecule has 7 heteroatoms. The zero-order valence-corrected chi connectivity index (χ0v) is 12.3. The molecule has 2 rings (SSSR count). The van der Waals surface area contributed by atoms with E-state index in [1.807, 2.05) is 0 Å². The summed E-state index contributed by atoms with van der Waals surface area (Å²) >= 11 is 23.4. The molecule has 0 aliphatic carbocycles. The molecule has 3 nitrogen and oxygen atoms in total. The number of nitrogens with zero attached hydrogens (tertiary/aromatic N) is 1. The molecule has 98 valence electrons. The zero-order valence-electron chi connectivity index (χ0n) is 9.25. The zero-order chi connectivity index (χ0) is 14.0. The molecule has 2 aromatic rings. The average Bonchev–Trinajstić information content (AvgIpc) is 2.36. The monoisotopic (exact) mass is 334 g/mol. The molecule has 1 amide bonds. The summed E-state index contributed by atoms with van der Waals surface area (Å²) in [5.41, 5.74) is 0.598. The second kappa shape index (κ2) is 5.97. The predicted octanol–water partition coefficient (Wildman–Crippen LogP) is 4.95. The number of rotatable bonds is 2. The molecule has 1 aromatic heterocycles. The van der Waals surface area contributed by atoms with Crippen LogP contribution >= 0.6 is 46.4 Å². The van der Waals surface area contributed by atoms with Gasteiger partial charge in [-0.2, -0.15) is 0 Å². The number of amides is 1. The van der Waals surface area contributed by atoms with Crippen molar-refractivity contribution in [3.05, 3.63) is 56.2 Å². The van der Waals surface area contributed by atoms with Crippen LogP contribution in [0.25, 0.3) is 0 Å². The number of pyridine rings is 1. The van der Waals surface area contributed by atoms with Crippen LogP contribution in [0.5, 0.6) is 0 Å². The third kappa shape index (κ3) is 3.51. The van der Waals surface area contributed by atoms with Gasteiger partial charge in [-0.15, -0.1) is 0 Å². The fraction of sp³-hybridized carbons (Fsp3) is 0. The highest BCUT2D eigenvalue weighted by molar-refractivity contribution is 6.37. The van der Waals surface area contributed by atoms with Crippen LogP contribution in [-0.4, -0.2) is 10.9 Å². The van der Waals surface area contributed by atoms with E-state index in [-0.39, 0.29) is 15.7 Å². The summed E-state index contributed by atoms with van der Waals surface area (Å²) in [5, 5.41) is 3.80. The molecule has 0 atom stereocenters. The van der Waals surface area contributed by atoms with Gasteiger partial charge in [0.2, 0.25) is 0 Å². The van der Waals surface area contributed by atoms with Crippen molar-refractivity contribution in [1.29, 1.82) is 0 Å². The molecule has 0 saturated carbocycles. The lowest BCUT2D eigenvalue weighted by molar-refractivity contribution is 0.102. The molecular weight excluding hydrogens is 330 g/mol. The van der Waals surface area contributed by atoms with Gasteiger partial charge >= 0.3 is 0 Å². The van der Waals surface area contributed by atoms with E-state index in [2.05, 4.69) is 10.3 Å². The topological polar surface area (TPSA) is 42.0 Å². The predicted molar refractivity (Wildman–Crippen MR) is 78.7 cm³/mol. The number of anilines is 1. The molecule has 0 fully saturated rings. The van der Waals surface area contributed by atoms with Crippen molar-refractivity contribution in [3.8, 4) is 0 Å². The van der Waals surface area contributed by atoms with E-state index in [1.165, 1.54) is 12.3 Å². The molecule has 1 aromatic carbocycles. The molecule has 19 heavy (non-hydrogen) atoms. The molecule has 0 bridgehead atoms. The maximum atomic E-state index is 12.1.